The van der Waals surface area contributed by atoms with Crippen molar-refractivity contribution in [1.82, 2.24) is 0 Å². The molecule has 0 aliphatic heterocycles. The van der Waals surface area contributed by atoms with Crippen LogP contribution >= 0.6 is 11.8 Å². The van der Waals surface area contributed by atoms with Crippen LogP contribution in [0.25, 0.3) is 0 Å². The number of hydrogen-bond acceptors (Lipinski definition) is 6. The molecule has 0 fully saturated rings. The van der Waals surface area contributed by atoms with E-state index in [9.17, 15) is 14.7 Å². The molecule has 23 heavy (non-hydrogen) atoms. The predicted octanol–water partition coefficient (Wildman–Crippen LogP) is 2.62. The number of amides is 1. The summed E-state index contributed by atoms with van der Waals surface area (Å²) in [7, 11) is 0. The van der Waals surface area contributed by atoms with Gasteiger partial charge in [0.1, 0.15) is 17.1 Å². The monoisotopic (exact) mass is 333 g/mol. The Morgan fingerprint density at radius 2 is 1.96 bits per heavy atom. The molecular formula is C16H15NO5S. The number of nitrogens with one attached hydrogen (secondary N) is 1. The van der Waals surface area contributed by atoms with E-state index in [-0.39, 0.29) is 11.3 Å². The molecule has 0 unspecified atom stereocenters. The molecule has 2 rings (SSSR count). The van der Waals surface area contributed by atoms with Crippen molar-refractivity contribution >= 4 is 29.3 Å². The normalized spacial score (nSPS) is 10.1. The van der Waals surface area contributed by atoms with E-state index in [1.54, 1.807) is 23.9 Å². The van der Waals surface area contributed by atoms with Crippen LogP contribution in [0.1, 0.15) is 10.4 Å². The van der Waals surface area contributed by atoms with Gasteiger partial charge < -0.3 is 20.3 Å². The molecule has 3 N–H and O–H groups in total. The number of ether oxygens (including phenoxy) is 1. The number of anilines is 1. The zero-order valence-corrected chi connectivity index (χ0v) is 13.1. The van der Waals surface area contributed by atoms with E-state index in [1.807, 2.05) is 18.4 Å². The van der Waals surface area contributed by atoms with E-state index < -0.39 is 24.2 Å². The van der Waals surface area contributed by atoms with Gasteiger partial charge in [0.2, 0.25) is 0 Å². The number of carbonyl (C=O) groups is 2. The van der Waals surface area contributed by atoms with Crippen molar-refractivity contribution in [3.05, 3.63) is 48.0 Å². The van der Waals surface area contributed by atoms with Crippen molar-refractivity contribution in [2.24, 2.45) is 0 Å². The van der Waals surface area contributed by atoms with Gasteiger partial charge in [0.05, 0.1) is 0 Å². The highest BCUT2D eigenvalue weighted by Gasteiger charge is 2.15. The maximum Gasteiger partial charge on any atom is 0.342 e. The molecule has 120 valence electrons. The van der Waals surface area contributed by atoms with Crippen LogP contribution in [0, 0.1) is 0 Å². The summed E-state index contributed by atoms with van der Waals surface area (Å²) < 4.78 is 4.84. The smallest absolute Gasteiger partial charge is 0.342 e. The largest absolute Gasteiger partial charge is 0.508 e. The van der Waals surface area contributed by atoms with Gasteiger partial charge in [-0.05, 0) is 36.6 Å². The van der Waals surface area contributed by atoms with E-state index in [0.717, 1.165) is 11.0 Å². The molecule has 7 heteroatoms. The number of phenols is 2. The Bertz CT molecular complexity index is 732. The minimum absolute atomic E-state index is 0.125. The summed E-state index contributed by atoms with van der Waals surface area (Å²) >= 11 is 1.54. The lowest BCUT2D eigenvalue weighted by molar-refractivity contribution is -0.119. The summed E-state index contributed by atoms with van der Waals surface area (Å²) in [5.41, 5.74) is 0.477. The Morgan fingerprint density at radius 3 is 2.65 bits per heavy atom. The quantitative estimate of drug-likeness (QED) is 0.575. The second kappa shape index (κ2) is 7.55. The zero-order chi connectivity index (χ0) is 16.8. The minimum atomic E-state index is -0.851. The molecule has 0 heterocycles. The lowest BCUT2D eigenvalue weighted by atomic mass is 10.2. The van der Waals surface area contributed by atoms with Crippen LogP contribution in [0.3, 0.4) is 0 Å². The molecule has 0 aromatic heterocycles. The second-order valence-electron chi connectivity index (χ2n) is 4.56. The van der Waals surface area contributed by atoms with E-state index in [4.69, 9.17) is 9.84 Å². The first-order valence-corrected chi connectivity index (χ1v) is 7.85. The lowest BCUT2D eigenvalue weighted by Crippen LogP contribution is -2.21. The number of rotatable bonds is 5. The molecule has 6 nitrogen and oxygen atoms in total. The van der Waals surface area contributed by atoms with Gasteiger partial charge in [-0.15, -0.1) is 11.8 Å². The topological polar surface area (TPSA) is 95.9 Å². The van der Waals surface area contributed by atoms with Gasteiger partial charge in [-0.25, -0.2) is 4.79 Å². The first-order chi connectivity index (χ1) is 11.0. The fraction of sp³-hybridized carbons (Fsp3) is 0.125. The molecule has 2 aromatic carbocycles. The standard InChI is InChI=1S/C16H15NO5S/c1-23-12-4-2-3-10(7-12)17-15(20)9-22-16(21)13-6-5-11(18)8-14(13)19/h2-8,18-19H,9H2,1H3,(H,17,20). The van der Waals surface area contributed by atoms with Crippen molar-refractivity contribution in [3.63, 3.8) is 0 Å². The maximum atomic E-state index is 11.8. The fourth-order valence-electron chi connectivity index (χ4n) is 1.80. The van der Waals surface area contributed by atoms with Gasteiger partial charge in [-0.2, -0.15) is 0 Å². The molecule has 2 aromatic rings. The highest BCUT2D eigenvalue weighted by molar-refractivity contribution is 7.98. The van der Waals surface area contributed by atoms with E-state index in [2.05, 4.69) is 5.32 Å². The van der Waals surface area contributed by atoms with Crippen LogP contribution < -0.4 is 5.32 Å². The van der Waals surface area contributed by atoms with E-state index in [1.165, 1.54) is 12.1 Å². The first kappa shape index (κ1) is 16.7. The fourth-order valence-corrected chi connectivity index (χ4v) is 2.26. The van der Waals surface area contributed by atoms with Crippen LogP contribution in [-0.2, 0) is 9.53 Å². The minimum Gasteiger partial charge on any atom is -0.508 e. The van der Waals surface area contributed by atoms with Crippen molar-refractivity contribution in [2.75, 3.05) is 18.2 Å². The molecule has 0 saturated heterocycles. The average Bonchev–Trinajstić information content (AvgIpc) is 2.53. The van der Waals surface area contributed by atoms with Gasteiger partial charge >= 0.3 is 5.97 Å². The predicted molar refractivity (Wildman–Crippen MR) is 86.9 cm³/mol. The number of benzene rings is 2. The Hall–Kier alpha value is -2.67. The van der Waals surface area contributed by atoms with Gasteiger partial charge in [-0.1, -0.05) is 6.07 Å². The van der Waals surface area contributed by atoms with Crippen LogP contribution in [-0.4, -0.2) is 35.0 Å². The Balaban J connectivity index is 1.92. The van der Waals surface area contributed by atoms with Crippen molar-refractivity contribution in [2.45, 2.75) is 4.90 Å². The summed E-state index contributed by atoms with van der Waals surface area (Å²) in [6.45, 7) is -0.483. The molecule has 0 spiro atoms. The van der Waals surface area contributed by atoms with Crippen LogP contribution in [0.15, 0.2) is 47.4 Å². The molecule has 0 atom stereocenters. The van der Waals surface area contributed by atoms with Crippen molar-refractivity contribution < 1.29 is 24.5 Å². The van der Waals surface area contributed by atoms with Gasteiger partial charge in [0, 0.05) is 16.6 Å². The number of hydrogen-bond donors (Lipinski definition) is 3. The maximum absolute atomic E-state index is 11.8. The number of phenolic OH excluding ortho intramolecular Hbond substituents is 2. The first-order valence-electron chi connectivity index (χ1n) is 6.62. The summed E-state index contributed by atoms with van der Waals surface area (Å²) in [6, 6.07) is 10.7. The Kier molecular flexibility index (Phi) is 5.48. The number of aromatic hydroxyl groups is 2. The molecule has 0 radical (unpaired) electrons. The third-order valence-corrected chi connectivity index (χ3v) is 3.61. The van der Waals surface area contributed by atoms with Crippen LogP contribution in [0.5, 0.6) is 11.5 Å². The summed E-state index contributed by atoms with van der Waals surface area (Å²) in [5.74, 6) is -1.93. The third kappa shape index (κ3) is 4.65. The highest BCUT2D eigenvalue weighted by Crippen LogP contribution is 2.23. The van der Waals surface area contributed by atoms with Crippen molar-refractivity contribution in [1.29, 1.82) is 0 Å². The highest BCUT2D eigenvalue weighted by atomic mass is 32.2. The Morgan fingerprint density at radius 1 is 1.17 bits per heavy atom. The molecule has 0 aliphatic carbocycles. The molecular weight excluding hydrogens is 318 g/mol. The molecule has 0 aliphatic rings. The SMILES string of the molecule is CSc1cccc(NC(=O)COC(=O)c2ccc(O)cc2O)c1. The average molecular weight is 333 g/mol. The van der Waals surface area contributed by atoms with E-state index in [0.29, 0.717) is 5.69 Å². The lowest BCUT2D eigenvalue weighted by Gasteiger charge is -2.08. The van der Waals surface area contributed by atoms with Crippen LogP contribution in [0.4, 0.5) is 5.69 Å². The number of carbonyl (C=O) groups excluding carboxylic acids is 2. The number of esters is 1. The molecule has 1 amide bonds. The molecule has 0 bridgehead atoms. The van der Waals surface area contributed by atoms with E-state index >= 15 is 0 Å². The summed E-state index contributed by atoms with van der Waals surface area (Å²) in [6.07, 6.45) is 1.92. The summed E-state index contributed by atoms with van der Waals surface area (Å²) in [5, 5.41) is 21.3. The van der Waals surface area contributed by atoms with Gasteiger partial charge in [0.15, 0.2) is 6.61 Å². The Labute approximate surface area is 137 Å². The zero-order valence-electron chi connectivity index (χ0n) is 12.3. The summed E-state index contributed by atoms with van der Waals surface area (Å²) in [4.78, 5) is 24.6. The third-order valence-electron chi connectivity index (χ3n) is 2.89. The molecule has 0 saturated carbocycles. The second-order valence-corrected chi connectivity index (χ2v) is 5.44. The number of thioether (sulfide) groups is 1. The van der Waals surface area contributed by atoms with Gasteiger partial charge in [-0.3, -0.25) is 4.79 Å². The van der Waals surface area contributed by atoms with Crippen molar-refractivity contribution in [3.8, 4) is 11.5 Å². The van der Waals surface area contributed by atoms with Crippen LogP contribution in [0.2, 0.25) is 0 Å². The van der Waals surface area contributed by atoms with Gasteiger partial charge in [0.25, 0.3) is 5.91 Å².